The molecule has 0 saturated carbocycles. The maximum Gasteiger partial charge on any atom is 0.127 e. The molecule has 126 valence electrons. The zero-order chi connectivity index (χ0) is 17.1. The van der Waals surface area contributed by atoms with Crippen LogP contribution in [-0.4, -0.2) is 11.4 Å². The molecule has 3 nitrogen and oxygen atoms in total. The first-order valence-electron chi connectivity index (χ1n) is 8.67. The van der Waals surface area contributed by atoms with Crippen LogP contribution >= 0.6 is 0 Å². The van der Waals surface area contributed by atoms with Gasteiger partial charge in [-0.15, -0.1) is 0 Å². The summed E-state index contributed by atoms with van der Waals surface area (Å²) in [5.74, 6) is 1.72. The van der Waals surface area contributed by atoms with Crippen molar-refractivity contribution in [1.29, 1.82) is 0 Å². The molecular weight excluding hydrogens is 308 g/mol. The van der Waals surface area contributed by atoms with Crippen LogP contribution in [0, 0.1) is 0 Å². The van der Waals surface area contributed by atoms with E-state index in [0.717, 1.165) is 24.6 Å². The number of ether oxygens (including phenoxy) is 1. The highest BCUT2D eigenvalue weighted by Gasteiger charge is 2.29. The van der Waals surface area contributed by atoms with Gasteiger partial charge in [-0.1, -0.05) is 54.6 Å². The van der Waals surface area contributed by atoms with Crippen molar-refractivity contribution in [3.8, 4) is 11.5 Å². The van der Waals surface area contributed by atoms with E-state index in [-0.39, 0.29) is 6.04 Å². The molecule has 3 heteroatoms. The highest BCUT2D eigenvalue weighted by molar-refractivity contribution is 5.42. The van der Waals surface area contributed by atoms with E-state index in [2.05, 4.69) is 47.4 Å². The molecule has 0 aliphatic carbocycles. The third-order valence-corrected chi connectivity index (χ3v) is 4.72. The molecule has 0 aromatic heterocycles. The van der Waals surface area contributed by atoms with Crippen molar-refractivity contribution < 1.29 is 4.74 Å². The molecule has 1 unspecified atom stereocenters. The molecular formula is C22H22N2O. The first kappa shape index (κ1) is 15.9. The summed E-state index contributed by atoms with van der Waals surface area (Å²) in [6.45, 7) is 2.44. The molecule has 0 fully saturated rings. The van der Waals surface area contributed by atoms with Gasteiger partial charge in [0.2, 0.25) is 0 Å². The van der Waals surface area contributed by atoms with Crippen LogP contribution < -0.4 is 10.5 Å². The topological polar surface area (TPSA) is 38.5 Å². The second-order valence-corrected chi connectivity index (χ2v) is 6.42. The lowest BCUT2D eigenvalue weighted by molar-refractivity contribution is 0.211. The van der Waals surface area contributed by atoms with E-state index in [9.17, 15) is 0 Å². The summed E-state index contributed by atoms with van der Waals surface area (Å²) in [6, 6.07) is 27.0. The molecule has 3 aromatic rings. The molecule has 1 aliphatic heterocycles. The fourth-order valence-electron chi connectivity index (χ4n) is 3.50. The standard InChI is InChI=1S/C22H22N2O/c23-14-22-21-13-20(25-19-9-5-2-6-10-19)12-11-18(21)16-24(22)15-17-7-3-1-4-8-17/h1-13,22H,14-16,23H2. The molecule has 0 radical (unpaired) electrons. The van der Waals surface area contributed by atoms with Crippen LogP contribution in [0.2, 0.25) is 0 Å². The van der Waals surface area contributed by atoms with E-state index >= 15 is 0 Å². The molecule has 25 heavy (non-hydrogen) atoms. The van der Waals surface area contributed by atoms with Crippen molar-refractivity contribution in [2.75, 3.05) is 6.54 Å². The largest absolute Gasteiger partial charge is 0.457 e. The van der Waals surface area contributed by atoms with Crippen LogP contribution in [0.25, 0.3) is 0 Å². The zero-order valence-corrected chi connectivity index (χ0v) is 14.1. The Kier molecular flexibility index (Phi) is 4.51. The molecule has 1 aliphatic rings. The summed E-state index contributed by atoms with van der Waals surface area (Å²) in [4.78, 5) is 2.44. The van der Waals surface area contributed by atoms with Crippen LogP contribution in [-0.2, 0) is 13.1 Å². The van der Waals surface area contributed by atoms with Crippen molar-refractivity contribution in [2.45, 2.75) is 19.1 Å². The van der Waals surface area contributed by atoms with Crippen LogP contribution in [0.1, 0.15) is 22.7 Å². The predicted octanol–water partition coefficient (Wildman–Crippen LogP) is 4.49. The SMILES string of the molecule is NCC1c2cc(Oc3ccccc3)ccc2CN1Cc1ccccc1. The van der Waals surface area contributed by atoms with E-state index in [1.54, 1.807) is 0 Å². The van der Waals surface area contributed by atoms with Crippen molar-refractivity contribution in [1.82, 2.24) is 4.90 Å². The number of hydrogen-bond donors (Lipinski definition) is 1. The van der Waals surface area contributed by atoms with E-state index in [1.165, 1.54) is 16.7 Å². The minimum absolute atomic E-state index is 0.231. The molecule has 1 heterocycles. The van der Waals surface area contributed by atoms with E-state index in [4.69, 9.17) is 10.5 Å². The van der Waals surface area contributed by atoms with Gasteiger partial charge in [0.15, 0.2) is 0 Å². The molecule has 0 spiro atoms. The Morgan fingerprint density at radius 2 is 1.60 bits per heavy atom. The van der Waals surface area contributed by atoms with Crippen molar-refractivity contribution in [3.05, 3.63) is 95.6 Å². The predicted molar refractivity (Wildman–Crippen MR) is 100 cm³/mol. The number of para-hydroxylation sites is 1. The Morgan fingerprint density at radius 3 is 2.32 bits per heavy atom. The van der Waals surface area contributed by atoms with Gasteiger partial charge in [0, 0.05) is 25.7 Å². The van der Waals surface area contributed by atoms with Crippen molar-refractivity contribution >= 4 is 0 Å². The van der Waals surface area contributed by atoms with Gasteiger partial charge in [0.05, 0.1) is 0 Å². The lowest BCUT2D eigenvalue weighted by atomic mass is 10.0. The van der Waals surface area contributed by atoms with Crippen LogP contribution in [0.4, 0.5) is 0 Å². The van der Waals surface area contributed by atoms with Gasteiger partial charge >= 0.3 is 0 Å². The number of fused-ring (bicyclic) bond motifs is 1. The van der Waals surface area contributed by atoms with Crippen LogP contribution in [0.15, 0.2) is 78.9 Å². The van der Waals surface area contributed by atoms with Gasteiger partial charge < -0.3 is 10.5 Å². The monoisotopic (exact) mass is 330 g/mol. The quantitative estimate of drug-likeness (QED) is 0.749. The first-order chi connectivity index (χ1) is 12.3. The highest BCUT2D eigenvalue weighted by atomic mass is 16.5. The molecule has 3 aromatic carbocycles. The van der Waals surface area contributed by atoms with Crippen LogP contribution in [0.5, 0.6) is 11.5 Å². The van der Waals surface area contributed by atoms with Gasteiger partial charge in [-0.25, -0.2) is 0 Å². The smallest absolute Gasteiger partial charge is 0.127 e. The van der Waals surface area contributed by atoms with Crippen molar-refractivity contribution in [3.63, 3.8) is 0 Å². The molecule has 0 saturated heterocycles. The minimum Gasteiger partial charge on any atom is -0.457 e. The normalized spacial score (nSPS) is 16.6. The van der Waals surface area contributed by atoms with Gasteiger partial charge in [-0.05, 0) is 41.0 Å². The zero-order valence-electron chi connectivity index (χ0n) is 14.1. The average Bonchev–Trinajstić information content (AvgIpc) is 2.99. The second kappa shape index (κ2) is 7.09. The maximum absolute atomic E-state index is 6.11. The summed E-state index contributed by atoms with van der Waals surface area (Å²) in [5, 5.41) is 0. The van der Waals surface area contributed by atoms with Crippen LogP contribution in [0.3, 0.4) is 0 Å². The summed E-state index contributed by atoms with van der Waals surface area (Å²) >= 11 is 0. The number of benzene rings is 3. The van der Waals surface area contributed by atoms with Gasteiger partial charge in [-0.2, -0.15) is 0 Å². The number of rotatable bonds is 5. The van der Waals surface area contributed by atoms with Gasteiger partial charge in [0.1, 0.15) is 11.5 Å². The fourth-order valence-corrected chi connectivity index (χ4v) is 3.50. The van der Waals surface area contributed by atoms with Gasteiger partial charge in [-0.3, -0.25) is 4.90 Å². The Bertz CT molecular complexity index is 833. The minimum atomic E-state index is 0.231. The average molecular weight is 330 g/mol. The third-order valence-electron chi connectivity index (χ3n) is 4.72. The number of nitrogens with zero attached hydrogens (tertiary/aromatic N) is 1. The third kappa shape index (κ3) is 3.43. The summed E-state index contributed by atoms with van der Waals surface area (Å²) in [6.07, 6.45) is 0. The number of nitrogens with two attached hydrogens (primary N) is 1. The second-order valence-electron chi connectivity index (χ2n) is 6.42. The lowest BCUT2D eigenvalue weighted by Gasteiger charge is -2.24. The van der Waals surface area contributed by atoms with Crippen molar-refractivity contribution in [2.24, 2.45) is 5.73 Å². The molecule has 1 atom stereocenters. The van der Waals surface area contributed by atoms with E-state index < -0.39 is 0 Å². The molecule has 4 rings (SSSR count). The fraction of sp³-hybridized carbons (Fsp3) is 0.182. The summed E-state index contributed by atoms with van der Waals surface area (Å²) < 4.78 is 5.99. The van der Waals surface area contributed by atoms with E-state index in [1.807, 2.05) is 36.4 Å². The Labute approximate surface area is 148 Å². The Hall–Kier alpha value is -2.62. The van der Waals surface area contributed by atoms with E-state index in [0.29, 0.717) is 6.54 Å². The molecule has 2 N–H and O–H groups in total. The number of hydrogen-bond acceptors (Lipinski definition) is 3. The maximum atomic E-state index is 6.11. The highest BCUT2D eigenvalue weighted by Crippen LogP contribution is 2.37. The first-order valence-corrected chi connectivity index (χ1v) is 8.67. The Morgan fingerprint density at radius 1 is 0.880 bits per heavy atom. The Balaban J connectivity index is 1.56. The lowest BCUT2D eigenvalue weighted by Crippen LogP contribution is -2.27. The molecule has 0 amide bonds. The molecule has 0 bridgehead atoms. The van der Waals surface area contributed by atoms with Gasteiger partial charge in [0.25, 0.3) is 0 Å². The summed E-state index contributed by atoms with van der Waals surface area (Å²) in [5.41, 5.74) is 10.1. The summed E-state index contributed by atoms with van der Waals surface area (Å²) in [7, 11) is 0.